The van der Waals surface area contributed by atoms with Crippen LogP contribution in [0.4, 0.5) is 0 Å². The van der Waals surface area contributed by atoms with Gasteiger partial charge in [0.2, 0.25) is 0 Å². The van der Waals surface area contributed by atoms with Gasteiger partial charge in [-0.1, -0.05) is 11.6 Å². The lowest BCUT2D eigenvalue weighted by Gasteiger charge is -2.11. The van der Waals surface area contributed by atoms with Crippen LogP contribution in [0, 0.1) is 6.92 Å². The normalized spacial score (nSPS) is 10.4. The molecule has 0 amide bonds. The van der Waals surface area contributed by atoms with E-state index in [4.69, 9.17) is 16.3 Å². The van der Waals surface area contributed by atoms with E-state index in [2.05, 4.69) is 5.10 Å². The Kier molecular flexibility index (Phi) is 4.95. The lowest BCUT2D eigenvalue weighted by Crippen LogP contribution is -2.30. The number of ether oxygens (including phenoxy) is 1. The minimum absolute atomic E-state index is 0.00185. The molecule has 2 aromatic rings. The second-order valence-electron chi connectivity index (χ2n) is 4.87. The maximum absolute atomic E-state index is 12.6. The van der Waals surface area contributed by atoms with Crippen LogP contribution in [-0.2, 0) is 4.74 Å². The van der Waals surface area contributed by atoms with E-state index in [-0.39, 0.29) is 23.6 Å². The van der Waals surface area contributed by atoms with Crippen molar-refractivity contribution < 1.29 is 14.3 Å². The number of benzene rings is 1. The van der Waals surface area contributed by atoms with Crippen LogP contribution < -0.4 is 5.56 Å². The third kappa shape index (κ3) is 3.48. The number of aromatic nitrogens is 2. The second-order valence-corrected chi connectivity index (χ2v) is 5.30. The highest BCUT2D eigenvalue weighted by Crippen LogP contribution is 2.17. The zero-order chi connectivity index (χ0) is 17.1. The first-order chi connectivity index (χ1) is 10.8. The highest BCUT2D eigenvalue weighted by molar-refractivity contribution is 6.30. The maximum atomic E-state index is 12.6. The molecule has 1 aromatic heterocycles. The quantitative estimate of drug-likeness (QED) is 0.634. The molecule has 6 nitrogen and oxygen atoms in total. The lowest BCUT2D eigenvalue weighted by molar-refractivity contribution is 0.0523. The fraction of sp³-hybridized carbons (Fsp3) is 0.250. The highest BCUT2D eigenvalue weighted by atomic mass is 35.5. The van der Waals surface area contributed by atoms with Gasteiger partial charge in [-0.15, -0.1) is 0 Å². The second kappa shape index (κ2) is 6.75. The lowest BCUT2D eigenvalue weighted by atomic mass is 10.2. The Morgan fingerprint density at radius 2 is 2.00 bits per heavy atom. The number of ketones is 1. The number of nitrogens with zero attached hydrogens (tertiary/aromatic N) is 2. The zero-order valence-corrected chi connectivity index (χ0v) is 13.7. The molecule has 0 unspecified atom stereocenters. The Labute approximate surface area is 137 Å². The Hall–Kier alpha value is -2.47. The average molecular weight is 335 g/mol. The van der Waals surface area contributed by atoms with Crippen LogP contribution >= 0.6 is 11.6 Å². The van der Waals surface area contributed by atoms with Gasteiger partial charge in [0, 0.05) is 11.9 Å². The van der Waals surface area contributed by atoms with Gasteiger partial charge in [0.05, 0.1) is 12.3 Å². The largest absolute Gasteiger partial charge is 0.462 e. The molecule has 1 aromatic carbocycles. The van der Waals surface area contributed by atoms with Crippen LogP contribution in [0.2, 0.25) is 5.02 Å². The number of hydrogen-bond donors (Lipinski definition) is 0. The van der Waals surface area contributed by atoms with Crippen molar-refractivity contribution in [2.75, 3.05) is 6.61 Å². The molecule has 0 saturated carbocycles. The van der Waals surface area contributed by atoms with Crippen molar-refractivity contribution in [3.8, 4) is 5.69 Å². The summed E-state index contributed by atoms with van der Waals surface area (Å²) in [6, 6.07) is 6.02. The Balaban J connectivity index is 2.74. The summed E-state index contributed by atoms with van der Waals surface area (Å²) in [6.07, 6.45) is 0. The number of aryl methyl sites for hydroxylation is 1. The van der Waals surface area contributed by atoms with Gasteiger partial charge < -0.3 is 4.74 Å². The van der Waals surface area contributed by atoms with Crippen LogP contribution in [0.5, 0.6) is 0 Å². The maximum Gasteiger partial charge on any atom is 0.343 e. The van der Waals surface area contributed by atoms with Gasteiger partial charge in [-0.05, 0) is 43.7 Å². The first-order valence-corrected chi connectivity index (χ1v) is 7.32. The van der Waals surface area contributed by atoms with Gasteiger partial charge in [0.25, 0.3) is 5.56 Å². The molecule has 0 bridgehead atoms. The van der Waals surface area contributed by atoms with Crippen molar-refractivity contribution in [3.05, 3.63) is 56.5 Å². The van der Waals surface area contributed by atoms with Crippen molar-refractivity contribution in [3.63, 3.8) is 0 Å². The van der Waals surface area contributed by atoms with Gasteiger partial charge >= 0.3 is 5.97 Å². The predicted molar refractivity (Wildman–Crippen MR) is 85.5 cm³/mol. The molecule has 0 atom stereocenters. The molecule has 1 heterocycles. The number of halogens is 1. The van der Waals surface area contributed by atoms with Gasteiger partial charge in [-0.3, -0.25) is 9.59 Å². The molecule has 7 heteroatoms. The summed E-state index contributed by atoms with van der Waals surface area (Å²) >= 11 is 5.91. The molecular weight excluding hydrogens is 320 g/mol. The van der Waals surface area contributed by atoms with E-state index in [1.807, 2.05) is 0 Å². The number of carbonyl (C=O) groups excluding carboxylic acids is 2. The van der Waals surface area contributed by atoms with Crippen LogP contribution in [0.3, 0.4) is 0 Å². The smallest absolute Gasteiger partial charge is 0.343 e. The number of rotatable bonds is 4. The molecule has 0 aliphatic carbocycles. The number of esters is 1. The van der Waals surface area contributed by atoms with E-state index in [1.165, 1.54) is 6.92 Å². The SMILES string of the molecule is CCOC(=O)c1cc(C(C)=O)nn(-c2ccc(Cl)cc2C)c1=O. The van der Waals surface area contributed by atoms with Gasteiger partial charge in [0.1, 0.15) is 11.3 Å². The summed E-state index contributed by atoms with van der Waals surface area (Å²) in [6.45, 7) is 4.81. The summed E-state index contributed by atoms with van der Waals surface area (Å²) in [5, 5.41) is 4.55. The Bertz CT molecular complexity index is 842. The number of hydrogen-bond acceptors (Lipinski definition) is 5. The van der Waals surface area contributed by atoms with Crippen molar-refractivity contribution in [2.45, 2.75) is 20.8 Å². The number of Topliss-reactive ketones (excluding diaryl/α,β-unsaturated/α-hetero) is 1. The summed E-state index contributed by atoms with van der Waals surface area (Å²) in [4.78, 5) is 36.2. The third-order valence-electron chi connectivity index (χ3n) is 3.15. The molecule has 0 spiro atoms. The van der Waals surface area contributed by atoms with E-state index in [0.29, 0.717) is 16.3 Å². The molecule has 0 radical (unpaired) electrons. The van der Waals surface area contributed by atoms with E-state index in [0.717, 1.165) is 10.7 Å². The van der Waals surface area contributed by atoms with Crippen LogP contribution in [0.15, 0.2) is 29.1 Å². The van der Waals surface area contributed by atoms with Crippen molar-refractivity contribution in [2.24, 2.45) is 0 Å². The molecule has 2 rings (SSSR count). The van der Waals surface area contributed by atoms with Crippen LogP contribution in [-0.4, -0.2) is 28.1 Å². The fourth-order valence-corrected chi connectivity index (χ4v) is 2.27. The number of carbonyl (C=O) groups is 2. The zero-order valence-electron chi connectivity index (χ0n) is 12.9. The molecule has 0 saturated heterocycles. The third-order valence-corrected chi connectivity index (χ3v) is 3.39. The van der Waals surface area contributed by atoms with Crippen molar-refractivity contribution >= 4 is 23.4 Å². The molecule has 120 valence electrons. The van der Waals surface area contributed by atoms with Gasteiger partial charge in [0.15, 0.2) is 5.78 Å². The average Bonchev–Trinajstić information content (AvgIpc) is 2.48. The fourth-order valence-electron chi connectivity index (χ4n) is 2.04. The molecule has 0 N–H and O–H groups in total. The summed E-state index contributed by atoms with van der Waals surface area (Å²) < 4.78 is 5.89. The van der Waals surface area contributed by atoms with Crippen molar-refractivity contribution in [1.29, 1.82) is 0 Å². The first kappa shape index (κ1) is 16.9. The summed E-state index contributed by atoms with van der Waals surface area (Å²) in [5.41, 5.74) is 0.234. The molecular formula is C16H15ClN2O4. The minimum atomic E-state index is -0.789. The van der Waals surface area contributed by atoms with Crippen LogP contribution in [0.1, 0.15) is 40.3 Å². The van der Waals surface area contributed by atoms with Gasteiger partial charge in [-0.2, -0.15) is 9.78 Å². The van der Waals surface area contributed by atoms with E-state index < -0.39 is 11.5 Å². The molecule has 0 aliphatic heterocycles. The molecule has 0 aliphatic rings. The molecule has 23 heavy (non-hydrogen) atoms. The Morgan fingerprint density at radius 1 is 1.30 bits per heavy atom. The topological polar surface area (TPSA) is 78.3 Å². The highest BCUT2D eigenvalue weighted by Gasteiger charge is 2.19. The molecule has 0 fully saturated rings. The standard InChI is InChI=1S/C16H15ClN2O4/c1-4-23-16(22)12-8-13(10(3)20)18-19(15(12)21)14-6-5-11(17)7-9(14)2/h5-8H,4H2,1-3H3. The van der Waals surface area contributed by atoms with Crippen molar-refractivity contribution in [1.82, 2.24) is 9.78 Å². The summed E-state index contributed by atoms with van der Waals surface area (Å²) in [5.74, 6) is -1.15. The predicted octanol–water partition coefficient (Wildman–Crippen LogP) is 2.57. The van der Waals surface area contributed by atoms with Crippen LogP contribution in [0.25, 0.3) is 5.69 Å². The first-order valence-electron chi connectivity index (χ1n) is 6.94. The minimum Gasteiger partial charge on any atom is -0.462 e. The summed E-state index contributed by atoms with van der Waals surface area (Å²) in [7, 11) is 0. The van der Waals surface area contributed by atoms with Gasteiger partial charge in [-0.25, -0.2) is 4.79 Å². The Morgan fingerprint density at radius 3 is 2.57 bits per heavy atom. The van der Waals surface area contributed by atoms with E-state index in [1.54, 1.807) is 32.0 Å². The van der Waals surface area contributed by atoms with E-state index in [9.17, 15) is 14.4 Å². The monoisotopic (exact) mass is 334 g/mol. The van der Waals surface area contributed by atoms with E-state index >= 15 is 0 Å².